The Kier molecular flexibility index (Phi) is 7.95. The number of hydrogen-bond acceptors (Lipinski definition) is 5. The molecule has 0 aromatic heterocycles. The quantitative estimate of drug-likeness (QED) is 0.229. The number of halogens is 5. The second kappa shape index (κ2) is 10.9. The average Bonchev–Trinajstić information content (AvgIpc) is 2.79. The fourth-order valence-corrected chi connectivity index (χ4v) is 3.01. The van der Waals surface area contributed by atoms with Gasteiger partial charge < -0.3 is 14.8 Å². The molecular weight excluding hydrogens is 478 g/mol. The number of methoxy groups -OCH3 is 1. The summed E-state index contributed by atoms with van der Waals surface area (Å²) in [4.78, 5) is 12.1. The molecule has 2 N–H and O–H groups in total. The minimum absolute atomic E-state index is 0.131. The third-order valence-corrected chi connectivity index (χ3v) is 4.63. The predicted molar refractivity (Wildman–Crippen MR) is 121 cm³/mol. The van der Waals surface area contributed by atoms with Gasteiger partial charge in [-0.1, -0.05) is 11.6 Å². The smallest absolute Gasteiger partial charge is 0.416 e. The Balaban J connectivity index is 1.62. The number of ether oxygens (including phenoxy) is 2. The van der Waals surface area contributed by atoms with E-state index in [0.29, 0.717) is 16.9 Å². The number of hydrogen-bond donors (Lipinski definition) is 2. The van der Waals surface area contributed by atoms with Crippen molar-refractivity contribution in [1.82, 2.24) is 0 Å². The molecule has 6 nitrogen and oxygen atoms in total. The molecule has 0 aliphatic rings. The number of hydrazone groups is 1. The zero-order valence-corrected chi connectivity index (χ0v) is 18.4. The number of rotatable bonds is 8. The van der Waals surface area contributed by atoms with Crippen molar-refractivity contribution >= 4 is 35.1 Å². The lowest BCUT2D eigenvalue weighted by atomic mass is 10.2. The highest BCUT2D eigenvalue weighted by Gasteiger charge is 2.29. The monoisotopic (exact) mass is 495 g/mol. The molecule has 0 radical (unpaired) electrons. The molecule has 0 bridgehead atoms. The van der Waals surface area contributed by atoms with Gasteiger partial charge in [-0.15, -0.1) is 0 Å². The molecule has 11 heteroatoms. The molecule has 3 aromatic rings. The van der Waals surface area contributed by atoms with E-state index in [1.54, 1.807) is 6.07 Å². The summed E-state index contributed by atoms with van der Waals surface area (Å²) in [5.74, 6) is -0.551. The van der Waals surface area contributed by atoms with Crippen LogP contribution in [0, 0.1) is 5.82 Å². The van der Waals surface area contributed by atoms with Gasteiger partial charge in [0.2, 0.25) is 0 Å². The normalized spacial score (nSPS) is 11.4. The molecule has 1 amide bonds. The van der Waals surface area contributed by atoms with E-state index < -0.39 is 23.5 Å². The minimum Gasteiger partial charge on any atom is -0.493 e. The van der Waals surface area contributed by atoms with Crippen molar-refractivity contribution in [3.05, 3.63) is 82.6 Å². The zero-order chi connectivity index (χ0) is 24.7. The molecule has 0 unspecified atom stereocenters. The number of nitrogens with zero attached hydrogens (tertiary/aromatic N) is 1. The largest absolute Gasteiger partial charge is 0.493 e. The van der Waals surface area contributed by atoms with E-state index in [0.717, 1.165) is 12.1 Å². The summed E-state index contributed by atoms with van der Waals surface area (Å²) in [5.41, 5.74) is 3.12. The number of nitrogens with one attached hydrogen (secondary N) is 2. The number of carbonyl (C=O) groups excluding carboxylic acids is 1. The SMILES string of the molecule is COc1cc(/C=N/Nc2ccc(C(F)(F)F)cc2)cc(Cl)c1OCC(=O)Nc1ccc(F)cc1. The van der Waals surface area contributed by atoms with E-state index >= 15 is 0 Å². The van der Waals surface area contributed by atoms with Gasteiger partial charge in [-0.05, 0) is 66.2 Å². The standard InChI is InChI=1S/C23H18ClF4N3O3/c1-33-20-11-14(12-29-31-18-6-2-15(3-7-18)23(26,27)28)10-19(24)22(20)34-13-21(32)30-17-8-4-16(25)5-9-17/h2-12,31H,13H2,1H3,(H,30,32)/b29-12+. The van der Waals surface area contributed by atoms with E-state index in [1.165, 1.54) is 55.8 Å². The Morgan fingerprint density at radius 1 is 1.06 bits per heavy atom. The first kappa shape index (κ1) is 24.8. The topological polar surface area (TPSA) is 71.9 Å². The molecule has 0 saturated carbocycles. The number of benzene rings is 3. The molecule has 0 atom stereocenters. The van der Waals surface area contributed by atoms with Crippen LogP contribution >= 0.6 is 11.6 Å². The number of amides is 1. The van der Waals surface area contributed by atoms with E-state index in [4.69, 9.17) is 21.1 Å². The Hall–Kier alpha value is -3.79. The molecule has 0 aliphatic heterocycles. The Morgan fingerprint density at radius 3 is 2.32 bits per heavy atom. The van der Waals surface area contributed by atoms with E-state index in [2.05, 4.69) is 15.8 Å². The van der Waals surface area contributed by atoms with Gasteiger partial charge in [-0.25, -0.2) is 4.39 Å². The van der Waals surface area contributed by atoms with E-state index in [9.17, 15) is 22.4 Å². The molecule has 0 aliphatic carbocycles. The molecule has 178 valence electrons. The molecule has 0 heterocycles. The lowest BCUT2D eigenvalue weighted by Crippen LogP contribution is -2.20. The van der Waals surface area contributed by atoms with Crippen molar-refractivity contribution in [3.8, 4) is 11.5 Å². The fraction of sp³-hybridized carbons (Fsp3) is 0.130. The second-order valence-electron chi connectivity index (χ2n) is 6.82. The molecule has 0 saturated heterocycles. The third-order valence-electron chi connectivity index (χ3n) is 4.35. The summed E-state index contributed by atoms with van der Waals surface area (Å²) in [6.07, 6.45) is -3.03. The van der Waals surface area contributed by atoms with Crippen LogP contribution in [0.1, 0.15) is 11.1 Å². The maximum Gasteiger partial charge on any atom is 0.416 e. The second-order valence-corrected chi connectivity index (χ2v) is 7.23. The van der Waals surface area contributed by atoms with Crippen molar-refractivity contribution in [1.29, 1.82) is 0 Å². The molecule has 3 aromatic carbocycles. The summed E-state index contributed by atoms with van der Waals surface area (Å²) >= 11 is 6.26. The van der Waals surface area contributed by atoms with Crippen LogP contribution in [0.5, 0.6) is 11.5 Å². The average molecular weight is 496 g/mol. The zero-order valence-electron chi connectivity index (χ0n) is 17.6. The van der Waals surface area contributed by atoms with Gasteiger partial charge in [0.25, 0.3) is 5.91 Å². The van der Waals surface area contributed by atoms with Crippen LogP contribution in [0.15, 0.2) is 65.8 Å². The van der Waals surface area contributed by atoms with Gasteiger partial charge in [-0.2, -0.15) is 18.3 Å². The van der Waals surface area contributed by atoms with E-state index in [1.807, 2.05) is 0 Å². The van der Waals surface area contributed by atoms with Crippen molar-refractivity contribution in [3.63, 3.8) is 0 Å². The first-order chi connectivity index (χ1) is 16.2. The first-order valence-corrected chi connectivity index (χ1v) is 10.1. The van der Waals surface area contributed by atoms with Crippen LogP contribution in [0.2, 0.25) is 5.02 Å². The van der Waals surface area contributed by atoms with Crippen molar-refractivity contribution in [2.45, 2.75) is 6.18 Å². The molecule has 0 spiro atoms. The van der Waals surface area contributed by atoms with E-state index in [-0.39, 0.29) is 23.1 Å². The highest BCUT2D eigenvalue weighted by Crippen LogP contribution is 2.36. The lowest BCUT2D eigenvalue weighted by Gasteiger charge is -2.13. The summed E-state index contributed by atoms with van der Waals surface area (Å²) in [6, 6.07) is 12.7. The van der Waals surface area contributed by atoms with Crippen LogP contribution in [-0.4, -0.2) is 25.8 Å². The fourth-order valence-electron chi connectivity index (χ4n) is 2.74. The van der Waals surface area contributed by atoms with Gasteiger partial charge in [0, 0.05) is 5.69 Å². The van der Waals surface area contributed by atoms with Gasteiger partial charge in [0.1, 0.15) is 5.82 Å². The maximum atomic E-state index is 13.0. The number of carbonyl (C=O) groups is 1. The maximum absolute atomic E-state index is 13.0. The molecule has 34 heavy (non-hydrogen) atoms. The van der Waals surface area contributed by atoms with Gasteiger partial charge in [0.05, 0.1) is 29.6 Å². The lowest BCUT2D eigenvalue weighted by molar-refractivity contribution is -0.137. The van der Waals surface area contributed by atoms with Gasteiger partial charge in [-0.3, -0.25) is 10.2 Å². The highest BCUT2D eigenvalue weighted by atomic mass is 35.5. The summed E-state index contributed by atoms with van der Waals surface area (Å²) in [5, 5.41) is 6.67. The Morgan fingerprint density at radius 2 is 1.71 bits per heavy atom. The van der Waals surface area contributed by atoms with Crippen LogP contribution in [0.3, 0.4) is 0 Å². The first-order valence-electron chi connectivity index (χ1n) is 9.68. The Bertz CT molecular complexity index is 1170. The van der Waals surface area contributed by atoms with Crippen molar-refractivity contribution in [2.75, 3.05) is 24.5 Å². The van der Waals surface area contributed by atoms with Crippen LogP contribution < -0.4 is 20.2 Å². The van der Waals surface area contributed by atoms with Crippen LogP contribution in [0.25, 0.3) is 0 Å². The van der Waals surface area contributed by atoms with Crippen molar-refractivity contribution < 1.29 is 31.8 Å². The summed E-state index contributed by atoms with van der Waals surface area (Å²) in [6.45, 7) is -0.379. The van der Waals surface area contributed by atoms with Crippen LogP contribution in [-0.2, 0) is 11.0 Å². The summed E-state index contributed by atoms with van der Waals surface area (Å²) in [7, 11) is 1.39. The predicted octanol–water partition coefficient (Wildman–Crippen LogP) is 5.97. The van der Waals surface area contributed by atoms with Gasteiger partial charge in [0.15, 0.2) is 18.1 Å². The molecular formula is C23H18ClF4N3O3. The highest BCUT2D eigenvalue weighted by molar-refractivity contribution is 6.32. The Labute approximate surface area is 197 Å². The molecule has 0 fully saturated rings. The third kappa shape index (κ3) is 6.85. The molecule has 3 rings (SSSR count). The van der Waals surface area contributed by atoms with Crippen LogP contribution in [0.4, 0.5) is 28.9 Å². The van der Waals surface area contributed by atoms with Crippen molar-refractivity contribution in [2.24, 2.45) is 5.10 Å². The van der Waals surface area contributed by atoms with Gasteiger partial charge >= 0.3 is 6.18 Å². The minimum atomic E-state index is -4.42. The summed E-state index contributed by atoms with van der Waals surface area (Å²) < 4.78 is 61.6. The number of alkyl halides is 3. The number of anilines is 2.